The zero-order chi connectivity index (χ0) is 23.1. The van der Waals surface area contributed by atoms with Crippen LogP contribution < -0.4 is 0 Å². The highest BCUT2D eigenvalue weighted by atomic mass is 35.5. The number of aliphatic hydroxyl groups excluding tert-OH is 4. The van der Waals surface area contributed by atoms with Crippen LogP contribution in [0.2, 0.25) is 0 Å². The van der Waals surface area contributed by atoms with Gasteiger partial charge in [0.2, 0.25) is 0 Å². The first-order valence-electron chi connectivity index (χ1n) is 10.7. The van der Waals surface area contributed by atoms with Crippen molar-refractivity contribution in [2.75, 3.05) is 19.0 Å². The lowest BCUT2D eigenvalue weighted by Crippen LogP contribution is -2.65. The molecule has 2 fully saturated rings. The molecule has 12 heteroatoms. The van der Waals surface area contributed by atoms with Crippen molar-refractivity contribution < 1.29 is 34.7 Å². The van der Waals surface area contributed by atoms with Crippen LogP contribution in [0.25, 0.3) is 0 Å². The lowest BCUT2D eigenvalue weighted by molar-refractivity contribution is -0.328. The Hall–Kier alpha value is -1.08. The summed E-state index contributed by atoms with van der Waals surface area (Å²) in [6.45, 7) is 3.42. The lowest BCUT2D eigenvalue weighted by Gasteiger charge is -2.45. The van der Waals surface area contributed by atoms with Gasteiger partial charge in [-0.05, 0) is 18.8 Å². The highest BCUT2D eigenvalue weighted by molar-refractivity contribution is 6.18. The fourth-order valence-corrected chi connectivity index (χ4v) is 4.05. The summed E-state index contributed by atoms with van der Waals surface area (Å²) in [6.07, 6.45) is -5.03. The molecule has 0 bridgehead atoms. The van der Waals surface area contributed by atoms with E-state index < -0.39 is 43.0 Å². The molecule has 0 aromatic heterocycles. The van der Waals surface area contributed by atoms with Gasteiger partial charge < -0.3 is 29.9 Å². The van der Waals surface area contributed by atoms with Gasteiger partial charge in [-0.1, -0.05) is 33.1 Å². The molecule has 1 aliphatic carbocycles. The molecule has 1 aliphatic heterocycles. The number of aliphatic hydroxyl groups is 4. The van der Waals surface area contributed by atoms with Crippen molar-refractivity contribution in [3.05, 3.63) is 4.91 Å². The van der Waals surface area contributed by atoms with Crippen LogP contribution in [0.1, 0.15) is 46.0 Å². The van der Waals surface area contributed by atoms with E-state index in [0.717, 1.165) is 37.0 Å². The molecule has 11 nitrogen and oxygen atoms in total. The number of nitroso groups, excluding NO2 is 1. The van der Waals surface area contributed by atoms with Crippen LogP contribution in [-0.2, 0) is 9.47 Å². The monoisotopic (exact) mass is 467 g/mol. The number of carbonyl (C=O) groups is 1. The molecule has 0 radical (unpaired) electrons. The Morgan fingerprint density at radius 3 is 2.35 bits per heavy atom. The van der Waals surface area contributed by atoms with Gasteiger partial charge in [-0.25, -0.2) is 4.79 Å². The molecule has 1 saturated carbocycles. The first-order chi connectivity index (χ1) is 14.7. The Labute approximate surface area is 186 Å². The van der Waals surface area contributed by atoms with Crippen molar-refractivity contribution in [3.63, 3.8) is 0 Å². The molecule has 6 atom stereocenters. The van der Waals surface area contributed by atoms with E-state index in [1.165, 1.54) is 0 Å². The first kappa shape index (κ1) is 26.2. The highest BCUT2D eigenvalue weighted by Crippen LogP contribution is 2.30. The van der Waals surface area contributed by atoms with Crippen LogP contribution in [0.5, 0.6) is 0 Å². The molecule has 1 unspecified atom stereocenters. The van der Waals surface area contributed by atoms with Gasteiger partial charge in [0.1, 0.15) is 24.4 Å². The van der Waals surface area contributed by atoms with E-state index >= 15 is 0 Å². The summed E-state index contributed by atoms with van der Waals surface area (Å²) in [5.74, 6) is -0.165. The molecule has 2 amide bonds. The molecule has 0 aromatic carbocycles. The van der Waals surface area contributed by atoms with Crippen molar-refractivity contribution in [3.8, 4) is 0 Å². The third kappa shape index (κ3) is 6.70. The van der Waals surface area contributed by atoms with Gasteiger partial charge in [-0.15, -0.1) is 16.5 Å². The Kier molecular flexibility index (Phi) is 10.3. The number of hydrogen-bond acceptors (Lipinski definition) is 9. The van der Waals surface area contributed by atoms with E-state index in [1.807, 2.05) is 0 Å². The molecule has 0 spiro atoms. The third-order valence-corrected chi connectivity index (χ3v) is 5.69. The number of nitrogens with zero attached hydrogens (tertiary/aromatic N) is 3. The van der Waals surface area contributed by atoms with Gasteiger partial charge in [-0.3, -0.25) is 4.90 Å². The second-order valence-corrected chi connectivity index (χ2v) is 8.85. The smallest absolute Gasteiger partial charge is 0.345 e. The number of urea groups is 1. The number of carbonyl (C=O) groups excluding carboxylic acids is 1. The Morgan fingerprint density at radius 2 is 1.81 bits per heavy atom. The Bertz CT molecular complexity index is 580. The maximum Gasteiger partial charge on any atom is 0.345 e. The number of rotatable bonds is 9. The number of amides is 2. The van der Waals surface area contributed by atoms with Crippen LogP contribution in [0, 0.1) is 10.8 Å². The van der Waals surface area contributed by atoms with Gasteiger partial charge in [-0.2, -0.15) is 5.01 Å². The molecule has 0 aromatic rings. The molecule has 180 valence electrons. The molecule has 1 heterocycles. The molecule has 1 saturated heterocycles. The maximum atomic E-state index is 12.8. The summed E-state index contributed by atoms with van der Waals surface area (Å²) in [7, 11) is 0. The zero-order valence-corrected chi connectivity index (χ0v) is 18.7. The quantitative estimate of drug-likeness (QED) is 0.168. The van der Waals surface area contributed by atoms with Gasteiger partial charge >= 0.3 is 6.03 Å². The fraction of sp³-hybridized carbons (Fsp3) is 0.947. The topological polar surface area (TPSA) is 152 Å². The largest absolute Gasteiger partial charge is 0.387 e. The SMILES string of the molecule is CC(C)CN(C(=O)N(CCCl)N=O)C(O)[C@H]1O[C@H](OC2CCCCC2)[C@@H](O)[C@@H](O)[C@H]1O. The second kappa shape index (κ2) is 12.2. The Balaban J connectivity index is 2.20. The van der Waals surface area contributed by atoms with Crippen LogP contribution in [-0.4, -0.2) is 98.4 Å². The minimum atomic E-state index is -1.75. The lowest BCUT2D eigenvalue weighted by atomic mass is 9.95. The molecular formula is C19H34ClN3O8. The minimum Gasteiger partial charge on any atom is -0.387 e. The normalized spacial score (nSPS) is 30.8. The molecule has 31 heavy (non-hydrogen) atoms. The average Bonchev–Trinajstić information content (AvgIpc) is 2.75. The number of ether oxygens (including phenoxy) is 2. The third-order valence-electron chi connectivity index (χ3n) is 5.52. The van der Waals surface area contributed by atoms with Crippen LogP contribution in [0.3, 0.4) is 0 Å². The van der Waals surface area contributed by atoms with Crippen LogP contribution >= 0.6 is 11.6 Å². The minimum absolute atomic E-state index is 0.00762. The summed E-state index contributed by atoms with van der Waals surface area (Å²) in [4.78, 5) is 24.8. The summed E-state index contributed by atoms with van der Waals surface area (Å²) >= 11 is 5.61. The van der Waals surface area contributed by atoms with Crippen LogP contribution in [0.15, 0.2) is 5.29 Å². The number of alkyl halides is 1. The van der Waals surface area contributed by atoms with E-state index in [-0.39, 0.29) is 31.0 Å². The van der Waals surface area contributed by atoms with Crippen LogP contribution in [0.4, 0.5) is 4.79 Å². The standard InChI is InChI=1S/C19H34ClN3O8/c1-11(2)10-22(19(28)23(21-29)9-8-20)17(27)16-14(25)13(24)15(26)18(31-16)30-12-6-4-3-5-7-12/h11-18,24-27H,3-10H2,1-2H3/t13-,14+,15-,16-,17?,18-/m0/s1. The zero-order valence-electron chi connectivity index (χ0n) is 17.9. The Morgan fingerprint density at radius 1 is 1.16 bits per heavy atom. The van der Waals surface area contributed by atoms with E-state index in [0.29, 0.717) is 5.01 Å². The molecule has 4 N–H and O–H groups in total. The average molecular weight is 468 g/mol. The number of halogens is 1. The van der Waals surface area contributed by atoms with Crippen molar-refractivity contribution in [1.29, 1.82) is 0 Å². The summed E-state index contributed by atoms with van der Waals surface area (Å²) in [6, 6.07) is -0.919. The summed E-state index contributed by atoms with van der Waals surface area (Å²) in [5, 5.41) is 45.3. The first-order valence-corrected chi connectivity index (χ1v) is 11.2. The predicted octanol–water partition coefficient (Wildman–Crippen LogP) is 0.762. The van der Waals surface area contributed by atoms with Gasteiger partial charge in [0.25, 0.3) is 0 Å². The van der Waals surface area contributed by atoms with E-state index in [9.17, 15) is 30.1 Å². The molecule has 2 aliphatic rings. The van der Waals surface area contributed by atoms with E-state index in [2.05, 4.69) is 5.29 Å². The molecular weight excluding hydrogens is 434 g/mol. The van der Waals surface area contributed by atoms with Crippen molar-refractivity contribution in [1.82, 2.24) is 9.91 Å². The summed E-state index contributed by atoms with van der Waals surface area (Å²) < 4.78 is 11.5. The van der Waals surface area contributed by atoms with Gasteiger partial charge in [0.05, 0.1) is 17.9 Å². The molecule has 2 rings (SSSR count). The summed E-state index contributed by atoms with van der Waals surface area (Å²) in [5.41, 5.74) is 0. The van der Waals surface area contributed by atoms with E-state index in [4.69, 9.17) is 21.1 Å². The number of hydrogen-bond donors (Lipinski definition) is 4. The fourth-order valence-electron chi connectivity index (χ4n) is 3.89. The highest BCUT2D eigenvalue weighted by Gasteiger charge is 2.50. The van der Waals surface area contributed by atoms with Gasteiger partial charge in [0, 0.05) is 12.4 Å². The predicted molar refractivity (Wildman–Crippen MR) is 111 cm³/mol. The van der Waals surface area contributed by atoms with Crippen molar-refractivity contribution in [2.24, 2.45) is 11.2 Å². The maximum absolute atomic E-state index is 12.8. The van der Waals surface area contributed by atoms with Crippen molar-refractivity contribution >= 4 is 17.6 Å². The van der Waals surface area contributed by atoms with Crippen molar-refractivity contribution in [2.45, 2.75) is 89.0 Å². The van der Waals surface area contributed by atoms with Gasteiger partial charge in [0.15, 0.2) is 12.5 Å². The van der Waals surface area contributed by atoms with E-state index in [1.54, 1.807) is 13.8 Å². The second-order valence-electron chi connectivity index (χ2n) is 8.47.